The number of sulfonamides is 1. The molecule has 0 saturated carbocycles. The second-order valence-electron chi connectivity index (χ2n) is 6.33. The van der Waals surface area contributed by atoms with Crippen LogP contribution < -0.4 is 19.1 Å². The van der Waals surface area contributed by atoms with E-state index < -0.39 is 28.3 Å². The number of benzene rings is 2. The number of methoxy groups -OCH3 is 2. The molecule has 0 bridgehead atoms. The van der Waals surface area contributed by atoms with Crippen molar-refractivity contribution in [2.45, 2.75) is 24.7 Å². The lowest BCUT2D eigenvalue weighted by Gasteiger charge is -2.24. The molecular formula is C20H24ClFN2O5S. The Kier molecular flexibility index (Phi) is 8.31. The quantitative estimate of drug-likeness (QED) is 0.550. The average molecular weight is 459 g/mol. The fraction of sp³-hybridized carbons (Fsp3) is 0.350. The maximum atomic E-state index is 13.6. The van der Waals surface area contributed by atoms with Crippen LogP contribution in [0.15, 0.2) is 41.3 Å². The van der Waals surface area contributed by atoms with Crippen LogP contribution in [0.3, 0.4) is 0 Å². The highest BCUT2D eigenvalue weighted by molar-refractivity contribution is 7.92. The van der Waals surface area contributed by atoms with E-state index >= 15 is 0 Å². The predicted octanol–water partition coefficient (Wildman–Crippen LogP) is 3.61. The fourth-order valence-corrected chi connectivity index (χ4v) is 4.25. The molecule has 1 amide bonds. The zero-order valence-electron chi connectivity index (χ0n) is 16.9. The number of nitrogens with one attached hydrogen (secondary N) is 1. The van der Waals surface area contributed by atoms with Crippen LogP contribution in [-0.2, 0) is 14.8 Å². The molecule has 0 spiro atoms. The summed E-state index contributed by atoms with van der Waals surface area (Å²) in [4.78, 5) is 12.3. The number of nitrogens with zero attached hydrogens (tertiary/aromatic N) is 1. The van der Waals surface area contributed by atoms with E-state index in [9.17, 15) is 17.6 Å². The molecule has 10 heteroatoms. The van der Waals surface area contributed by atoms with Gasteiger partial charge in [-0.1, -0.05) is 24.9 Å². The molecule has 7 nitrogen and oxygen atoms in total. The molecule has 2 aromatic carbocycles. The number of carbonyl (C=O) groups is 1. The van der Waals surface area contributed by atoms with Crippen molar-refractivity contribution < 1.29 is 27.1 Å². The second kappa shape index (κ2) is 10.5. The standard InChI is InChI=1S/C20H24ClFN2O5S/c1-4-5-10-23-20(25)13-24(14-6-8-17(22)16(21)11-14)30(26,27)15-7-9-18(28-2)19(12-15)29-3/h6-9,11-12H,4-5,10,13H2,1-3H3,(H,23,25). The second-order valence-corrected chi connectivity index (χ2v) is 8.60. The highest BCUT2D eigenvalue weighted by Crippen LogP contribution is 2.33. The summed E-state index contributed by atoms with van der Waals surface area (Å²) >= 11 is 5.85. The predicted molar refractivity (Wildman–Crippen MR) is 113 cm³/mol. The number of halogens is 2. The summed E-state index contributed by atoms with van der Waals surface area (Å²) in [5.74, 6) is -0.627. The first-order valence-corrected chi connectivity index (χ1v) is 11.0. The van der Waals surface area contributed by atoms with Crippen molar-refractivity contribution in [1.29, 1.82) is 0 Å². The van der Waals surface area contributed by atoms with E-state index in [4.69, 9.17) is 21.1 Å². The Labute approximate surface area is 180 Å². The van der Waals surface area contributed by atoms with E-state index in [0.29, 0.717) is 12.3 Å². The molecule has 0 aliphatic rings. The van der Waals surface area contributed by atoms with E-state index in [-0.39, 0.29) is 21.4 Å². The summed E-state index contributed by atoms with van der Waals surface area (Å²) in [6, 6.07) is 7.53. The van der Waals surface area contributed by atoms with Crippen LogP contribution in [0.2, 0.25) is 5.02 Å². The monoisotopic (exact) mass is 458 g/mol. The van der Waals surface area contributed by atoms with Gasteiger partial charge in [-0.25, -0.2) is 12.8 Å². The molecular weight excluding hydrogens is 435 g/mol. The smallest absolute Gasteiger partial charge is 0.264 e. The van der Waals surface area contributed by atoms with Gasteiger partial charge >= 0.3 is 0 Å². The van der Waals surface area contributed by atoms with Crippen LogP contribution in [0.25, 0.3) is 0 Å². The van der Waals surface area contributed by atoms with Crippen molar-refractivity contribution in [3.63, 3.8) is 0 Å². The van der Waals surface area contributed by atoms with Crippen LogP contribution >= 0.6 is 11.6 Å². The molecule has 0 aromatic heterocycles. The minimum Gasteiger partial charge on any atom is -0.493 e. The van der Waals surface area contributed by atoms with Gasteiger partial charge in [-0.15, -0.1) is 0 Å². The largest absolute Gasteiger partial charge is 0.493 e. The van der Waals surface area contributed by atoms with Crippen LogP contribution in [0, 0.1) is 5.82 Å². The summed E-state index contributed by atoms with van der Waals surface area (Å²) in [6.07, 6.45) is 1.64. The van der Waals surface area contributed by atoms with Gasteiger partial charge in [0.05, 0.1) is 29.8 Å². The van der Waals surface area contributed by atoms with Gasteiger partial charge in [0.2, 0.25) is 5.91 Å². The van der Waals surface area contributed by atoms with Crippen LogP contribution in [0.5, 0.6) is 11.5 Å². The third-order valence-corrected chi connectivity index (χ3v) is 6.33. The molecule has 0 aliphatic carbocycles. The average Bonchev–Trinajstić information content (AvgIpc) is 2.73. The third-order valence-electron chi connectivity index (χ3n) is 4.27. The number of ether oxygens (including phenoxy) is 2. The summed E-state index contributed by atoms with van der Waals surface area (Å²) in [5, 5.41) is 2.42. The number of rotatable bonds is 10. The summed E-state index contributed by atoms with van der Waals surface area (Å²) in [5.41, 5.74) is 0.0572. The summed E-state index contributed by atoms with van der Waals surface area (Å²) < 4.78 is 51.6. The first kappa shape index (κ1) is 23.8. The van der Waals surface area contributed by atoms with Crippen molar-refractivity contribution in [2.24, 2.45) is 0 Å². The van der Waals surface area contributed by atoms with Gasteiger partial charge in [0, 0.05) is 12.6 Å². The fourth-order valence-electron chi connectivity index (χ4n) is 2.65. The number of carbonyl (C=O) groups excluding carboxylic acids is 1. The van der Waals surface area contributed by atoms with E-state index in [1.165, 1.54) is 38.5 Å². The van der Waals surface area contributed by atoms with E-state index in [0.717, 1.165) is 29.3 Å². The lowest BCUT2D eigenvalue weighted by Crippen LogP contribution is -2.41. The number of anilines is 1. The van der Waals surface area contributed by atoms with E-state index in [2.05, 4.69) is 5.32 Å². The Morgan fingerprint density at radius 1 is 1.13 bits per heavy atom. The molecule has 30 heavy (non-hydrogen) atoms. The number of hydrogen-bond donors (Lipinski definition) is 1. The van der Waals surface area contributed by atoms with Gasteiger partial charge in [-0.05, 0) is 36.8 Å². The highest BCUT2D eigenvalue weighted by atomic mass is 35.5. The van der Waals surface area contributed by atoms with Gasteiger partial charge in [0.25, 0.3) is 10.0 Å². The Hall–Kier alpha value is -2.52. The molecule has 0 aliphatic heterocycles. The Morgan fingerprint density at radius 3 is 2.43 bits per heavy atom. The third kappa shape index (κ3) is 5.54. The maximum Gasteiger partial charge on any atom is 0.264 e. The van der Waals surface area contributed by atoms with Gasteiger partial charge in [-0.3, -0.25) is 9.10 Å². The van der Waals surface area contributed by atoms with E-state index in [1.54, 1.807) is 0 Å². The van der Waals surface area contributed by atoms with Crippen LogP contribution in [0.1, 0.15) is 19.8 Å². The van der Waals surface area contributed by atoms with E-state index in [1.807, 2.05) is 6.92 Å². The summed E-state index contributed by atoms with van der Waals surface area (Å²) in [7, 11) is -1.40. The van der Waals surface area contributed by atoms with Crippen LogP contribution in [0.4, 0.5) is 10.1 Å². The zero-order chi connectivity index (χ0) is 22.3. The lowest BCUT2D eigenvalue weighted by atomic mass is 10.3. The van der Waals surface area contributed by atoms with Crippen molar-refractivity contribution in [1.82, 2.24) is 5.32 Å². The molecule has 0 unspecified atom stereocenters. The minimum absolute atomic E-state index is 0.0572. The summed E-state index contributed by atoms with van der Waals surface area (Å²) in [6.45, 7) is 1.90. The SMILES string of the molecule is CCCCNC(=O)CN(c1ccc(F)c(Cl)c1)S(=O)(=O)c1ccc(OC)c(OC)c1. The lowest BCUT2D eigenvalue weighted by molar-refractivity contribution is -0.119. The van der Waals surface area contributed by atoms with Crippen LogP contribution in [-0.4, -0.2) is 41.6 Å². The number of amides is 1. The first-order chi connectivity index (χ1) is 14.2. The Morgan fingerprint density at radius 2 is 1.83 bits per heavy atom. The van der Waals surface area contributed by atoms with Crippen molar-refractivity contribution in [2.75, 3.05) is 31.6 Å². The molecule has 0 fully saturated rings. The minimum atomic E-state index is -4.21. The van der Waals surface area contributed by atoms with Gasteiger partial charge in [0.15, 0.2) is 11.5 Å². The Bertz CT molecular complexity index is 1000. The molecule has 2 rings (SSSR count). The topological polar surface area (TPSA) is 84.9 Å². The number of unbranched alkanes of at least 4 members (excludes halogenated alkanes) is 1. The highest BCUT2D eigenvalue weighted by Gasteiger charge is 2.28. The van der Waals surface area contributed by atoms with Crippen molar-refractivity contribution >= 4 is 33.2 Å². The maximum absolute atomic E-state index is 13.6. The molecule has 0 heterocycles. The molecule has 0 saturated heterocycles. The van der Waals surface area contributed by atoms with Crippen molar-refractivity contribution in [3.05, 3.63) is 47.2 Å². The van der Waals surface area contributed by atoms with Gasteiger partial charge in [0.1, 0.15) is 12.4 Å². The first-order valence-electron chi connectivity index (χ1n) is 9.21. The Balaban J connectivity index is 2.48. The normalized spacial score (nSPS) is 11.1. The molecule has 1 N–H and O–H groups in total. The molecule has 0 atom stereocenters. The molecule has 164 valence electrons. The zero-order valence-corrected chi connectivity index (χ0v) is 18.5. The molecule has 0 radical (unpaired) electrons. The number of hydrogen-bond acceptors (Lipinski definition) is 5. The van der Waals surface area contributed by atoms with Gasteiger partial charge in [-0.2, -0.15) is 0 Å². The van der Waals surface area contributed by atoms with Crippen molar-refractivity contribution in [3.8, 4) is 11.5 Å². The van der Waals surface area contributed by atoms with Gasteiger partial charge < -0.3 is 14.8 Å². The molecule has 2 aromatic rings.